The van der Waals surface area contributed by atoms with Crippen molar-refractivity contribution in [2.24, 2.45) is 0 Å². The highest BCUT2D eigenvalue weighted by molar-refractivity contribution is 6.31. The van der Waals surface area contributed by atoms with E-state index < -0.39 is 0 Å². The lowest BCUT2D eigenvalue weighted by Crippen LogP contribution is -2.48. The zero-order valence-corrected chi connectivity index (χ0v) is 18.0. The first-order chi connectivity index (χ1) is 14.5. The molecule has 1 aliphatic rings. The lowest BCUT2D eigenvalue weighted by molar-refractivity contribution is 0.0629. The van der Waals surface area contributed by atoms with Crippen molar-refractivity contribution >= 4 is 28.3 Å². The second kappa shape index (κ2) is 9.17. The Morgan fingerprint density at radius 1 is 0.933 bits per heavy atom. The number of hydrogen-bond acceptors (Lipinski definition) is 3. The van der Waals surface area contributed by atoms with Gasteiger partial charge in [-0.3, -0.25) is 9.69 Å². The number of hydrogen-bond donors (Lipinski definition) is 1. The van der Waals surface area contributed by atoms with Gasteiger partial charge in [0, 0.05) is 49.9 Å². The maximum absolute atomic E-state index is 13.0. The summed E-state index contributed by atoms with van der Waals surface area (Å²) in [4.78, 5) is 17.2. The highest BCUT2D eigenvalue weighted by atomic mass is 35.5. The van der Waals surface area contributed by atoms with Crippen molar-refractivity contribution in [1.29, 1.82) is 0 Å². The molecule has 1 saturated heterocycles. The molecule has 30 heavy (non-hydrogen) atoms. The predicted octanol–water partition coefficient (Wildman–Crippen LogP) is 4.61. The van der Waals surface area contributed by atoms with Crippen molar-refractivity contribution < 1.29 is 9.90 Å². The van der Waals surface area contributed by atoms with Crippen molar-refractivity contribution in [2.45, 2.75) is 13.3 Å². The minimum atomic E-state index is 0.0936. The van der Waals surface area contributed by atoms with Crippen LogP contribution in [-0.4, -0.2) is 60.1 Å². The van der Waals surface area contributed by atoms with Crippen LogP contribution in [0.1, 0.15) is 22.3 Å². The number of carbonyl (C=O) groups excluding carboxylic acids is 1. The minimum Gasteiger partial charge on any atom is -0.396 e. The van der Waals surface area contributed by atoms with E-state index in [1.165, 1.54) is 0 Å². The number of rotatable bonds is 5. The Morgan fingerprint density at radius 2 is 1.60 bits per heavy atom. The van der Waals surface area contributed by atoms with Gasteiger partial charge in [-0.25, -0.2) is 0 Å². The van der Waals surface area contributed by atoms with E-state index in [0.717, 1.165) is 77.2 Å². The Labute approximate surface area is 182 Å². The molecule has 0 aliphatic carbocycles. The van der Waals surface area contributed by atoms with Crippen LogP contribution < -0.4 is 0 Å². The normalized spacial score (nSPS) is 15.0. The number of carbonyl (C=O) groups is 1. The molecule has 4 nitrogen and oxygen atoms in total. The molecule has 4 rings (SSSR count). The van der Waals surface area contributed by atoms with Gasteiger partial charge in [0.1, 0.15) is 0 Å². The fourth-order valence-electron chi connectivity index (χ4n) is 4.03. The smallest absolute Gasteiger partial charge is 0.253 e. The van der Waals surface area contributed by atoms with Gasteiger partial charge in [0.2, 0.25) is 0 Å². The summed E-state index contributed by atoms with van der Waals surface area (Å²) in [6, 6.07) is 18.4. The molecule has 3 aromatic rings. The SMILES string of the molecule is Cc1cc(-c2ccc3cc(C(=O)N4CCN(CCCO)CC4)ccc3c2)ccc1Cl. The maximum Gasteiger partial charge on any atom is 0.253 e. The van der Waals surface area contributed by atoms with Gasteiger partial charge in [-0.2, -0.15) is 0 Å². The van der Waals surface area contributed by atoms with Crippen molar-refractivity contribution in [3.05, 3.63) is 70.7 Å². The van der Waals surface area contributed by atoms with Crippen molar-refractivity contribution in [1.82, 2.24) is 9.80 Å². The average Bonchev–Trinajstić information content (AvgIpc) is 2.78. The minimum absolute atomic E-state index is 0.0936. The Kier molecular flexibility index (Phi) is 6.38. The highest BCUT2D eigenvalue weighted by Crippen LogP contribution is 2.28. The molecule has 1 heterocycles. The van der Waals surface area contributed by atoms with Gasteiger partial charge < -0.3 is 10.0 Å². The van der Waals surface area contributed by atoms with Crippen LogP contribution in [0, 0.1) is 6.92 Å². The second-order valence-corrected chi connectivity index (χ2v) is 8.36. The number of aliphatic hydroxyl groups is 1. The van der Waals surface area contributed by atoms with Crippen LogP contribution in [0.5, 0.6) is 0 Å². The van der Waals surface area contributed by atoms with E-state index in [9.17, 15) is 4.79 Å². The van der Waals surface area contributed by atoms with Crippen LogP contribution in [0.4, 0.5) is 0 Å². The lowest BCUT2D eigenvalue weighted by atomic mass is 9.98. The van der Waals surface area contributed by atoms with Gasteiger partial charge >= 0.3 is 0 Å². The molecule has 1 amide bonds. The zero-order valence-electron chi connectivity index (χ0n) is 17.3. The number of nitrogens with zero attached hydrogens (tertiary/aromatic N) is 2. The van der Waals surface area contributed by atoms with E-state index in [2.05, 4.69) is 29.2 Å². The Balaban J connectivity index is 1.50. The first kappa shape index (κ1) is 20.9. The number of piperazine rings is 1. The van der Waals surface area contributed by atoms with E-state index in [0.29, 0.717) is 0 Å². The molecule has 0 atom stereocenters. The molecule has 1 N–H and O–H groups in total. The number of fused-ring (bicyclic) bond motifs is 1. The number of aliphatic hydroxyl groups excluding tert-OH is 1. The Morgan fingerprint density at radius 3 is 2.33 bits per heavy atom. The molecule has 0 saturated carbocycles. The largest absolute Gasteiger partial charge is 0.396 e. The third kappa shape index (κ3) is 4.51. The van der Waals surface area contributed by atoms with E-state index in [1.54, 1.807) is 0 Å². The summed E-state index contributed by atoms with van der Waals surface area (Å²) in [6.45, 7) is 6.32. The van der Waals surface area contributed by atoms with Crippen molar-refractivity contribution in [3.8, 4) is 11.1 Å². The summed E-state index contributed by atoms with van der Waals surface area (Å²) in [5.41, 5.74) is 4.08. The molecule has 0 bridgehead atoms. The molecule has 156 valence electrons. The van der Waals surface area contributed by atoms with E-state index in [4.69, 9.17) is 16.7 Å². The summed E-state index contributed by atoms with van der Waals surface area (Å²) in [5.74, 6) is 0.0936. The van der Waals surface area contributed by atoms with Gasteiger partial charge in [-0.05, 0) is 71.1 Å². The molecule has 1 fully saturated rings. The fourth-order valence-corrected chi connectivity index (χ4v) is 4.15. The monoisotopic (exact) mass is 422 g/mol. The van der Waals surface area contributed by atoms with Gasteiger partial charge in [-0.15, -0.1) is 0 Å². The van der Waals surface area contributed by atoms with Crippen molar-refractivity contribution in [3.63, 3.8) is 0 Å². The van der Waals surface area contributed by atoms with Crippen molar-refractivity contribution in [2.75, 3.05) is 39.3 Å². The van der Waals surface area contributed by atoms with Crippen LogP contribution in [-0.2, 0) is 0 Å². The van der Waals surface area contributed by atoms with Gasteiger partial charge in [0.25, 0.3) is 5.91 Å². The van der Waals surface area contributed by atoms with Crippen LogP contribution in [0.2, 0.25) is 5.02 Å². The summed E-state index contributed by atoms with van der Waals surface area (Å²) in [5, 5.41) is 11.9. The first-order valence-electron chi connectivity index (χ1n) is 10.5. The lowest BCUT2D eigenvalue weighted by Gasteiger charge is -2.34. The van der Waals surface area contributed by atoms with E-state index >= 15 is 0 Å². The predicted molar refractivity (Wildman–Crippen MR) is 123 cm³/mol. The topological polar surface area (TPSA) is 43.8 Å². The average molecular weight is 423 g/mol. The summed E-state index contributed by atoms with van der Waals surface area (Å²) >= 11 is 6.16. The molecule has 3 aromatic carbocycles. The number of benzene rings is 3. The van der Waals surface area contributed by atoms with Crippen LogP contribution in [0.15, 0.2) is 54.6 Å². The molecule has 0 radical (unpaired) electrons. The van der Waals surface area contributed by atoms with Gasteiger partial charge in [-0.1, -0.05) is 35.9 Å². The molecule has 0 aromatic heterocycles. The summed E-state index contributed by atoms with van der Waals surface area (Å²) in [7, 11) is 0. The molecule has 0 unspecified atom stereocenters. The molecule has 5 heteroatoms. The quantitative estimate of drug-likeness (QED) is 0.653. The van der Waals surface area contributed by atoms with E-state index in [-0.39, 0.29) is 12.5 Å². The summed E-state index contributed by atoms with van der Waals surface area (Å²) in [6.07, 6.45) is 0.788. The Bertz CT molecular complexity index is 1060. The van der Waals surface area contributed by atoms with Gasteiger partial charge in [0.05, 0.1) is 0 Å². The third-order valence-corrected chi connectivity index (χ3v) is 6.29. The number of aryl methyl sites for hydroxylation is 1. The highest BCUT2D eigenvalue weighted by Gasteiger charge is 2.22. The molecule has 1 aliphatic heterocycles. The molecular weight excluding hydrogens is 396 g/mol. The third-order valence-electron chi connectivity index (χ3n) is 5.87. The second-order valence-electron chi connectivity index (χ2n) is 7.95. The van der Waals surface area contributed by atoms with Gasteiger partial charge in [0.15, 0.2) is 0 Å². The van der Waals surface area contributed by atoms with Crippen LogP contribution in [0.25, 0.3) is 21.9 Å². The molecule has 0 spiro atoms. The number of halogens is 1. The number of amides is 1. The summed E-state index contributed by atoms with van der Waals surface area (Å²) < 4.78 is 0. The van der Waals surface area contributed by atoms with Crippen LogP contribution in [0.3, 0.4) is 0 Å². The van der Waals surface area contributed by atoms with Crippen LogP contribution >= 0.6 is 11.6 Å². The maximum atomic E-state index is 13.0. The van der Waals surface area contributed by atoms with E-state index in [1.807, 2.05) is 42.2 Å². The Hall–Kier alpha value is -2.40. The molecular formula is C25H27ClN2O2. The first-order valence-corrected chi connectivity index (χ1v) is 10.9. The fraction of sp³-hybridized carbons (Fsp3) is 0.320. The zero-order chi connectivity index (χ0) is 21.1. The standard InChI is InChI=1S/C25H27ClN2O2/c1-18-15-19(7-8-24(18)26)20-3-4-22-17-23(6-5-21(22)16-20)25(30)28-12-10-27(11-13-28)9-2-14-29/h3-8,15-17,29H,2,9-14H2,1H3.